The summed E-state index contributed by atoms with van der Waals surface area (Å²) in [6.45, 7) is 4.29. The van der Waals surface area contributed by atoms with Gasteiger partial charge in [0.15, 0.2) is 0 Å². The first kappa shape index (κ1) is 23.1. The van der Waals surface area contributed by atoms with Gasteiger partial charge >= 0.3 is 0 Å². The molecule has 29 heavy (non-hydrogen) atoms. The van der Waals surface area contributed by atoms with E-state index in [-0.39, 0.29) is 5.91 Å². The smallest absolute Gasteiger partial charge is 0.243 e. The number of hydrogen-bond donors (Lipinski definition) is 1. The summed E-state index contributed by atoms with van der Waals surface area (Å²) >= 11 is 1.64. The van der Waals surface area contributed by atoms with E-state index < -0.39 is 16.1 Å². The Bertz CT molecular complexity index is 897. The number of carbonyl (C=O) groups is 1. The van der Waals surface area contributed by atoms with Gasteiger partial charge in [0.25, 0.3) is 0 Å². The lowest BCUT2D eigenvalue weighted by Crippen LogP contribution is -2.49. The van der Waals surface area contributed by atoms with Crippen molar-refractivity contribution < 1.29 is 17.9 Å². The molecule has 0 fully saturated rings. The third-order valence-electron chi connectivity index (χ3n) is 4.35. The monoisotopic (exact) mass is 436 g/mol. The van der Waals surface area contributed by atoms with Gasteiger partial charge in [-0.2, -0.15) is 0 Å². The van der Waals surface area contributed by atoms with Gasteiger partial charge in [-0.15, -0.1) is 11.8 Å². The molecule has 6 nitrogen and oxygen atoms in total. The zero-order valence-corrected chi connectivity index (χ0v) is 18.8. The molecule has 0 aliphatic carbocycles. The van der Waals surface area contributed by atoms with Crippen LogP contribution in [-0.2, 0) is 14.8 Å². The molecule has 0 spiro atoms. The lowest BCUT2D eigenvalue weighted by Gasteiger charge is -2.30. The maximum absolute atomic E-state index is 12.8. The van der Waals surface area contributed by atoms with Gasteiger partial charge in [0.1, 0.15) is 11.8 Å². The molecule has 0 saturated heterocycles. The van der Waals surface area contributed by atoms with Crippen molar-refractivity contribution in [2.75, 3.05) is 30.0 Å². The van der Waals surface area contributed by atoms with Gasteiger partial charge in [0.05, 0.1) is 19.1 Å². The van der Waals surface area contributed by atoms with Gasteiger partial charge in [0, 0.05) is 17.2 Å². The van der Waals surface area contributed by atoms with Gasteiger partial charge < -0.3 is 10.1 Å². The molecule has 0 aromatic heterocycles. The number of benzene rings is 2. The molecule has 0 bridgehead atoms. The Labute approximate surface area is 177 Å². The molecular formula is C21H28N2O4S2. The Morgan fingerprint density at radius 3 is 2.28 bits per heavy atom. The number of carbonyl (C=O) groups excluding carboxylic acids is 1. The van der Waals surface area contributed by atoms with Crippen LogP contribution in [0, 0.1) is 6.92 Å². The first-order valence-corrected chi connectivity index (χ1v) is 12.2. The first-order chi connectivity index (χ1) is 13.8. The summed E-state index contributed by atoms with van der Waals surface area (Å²) in [6, 6.07) is 14.0. The predicted octanol–water partition coefficient (Wildman–Crippen LogP) is 3.46. The van der Waals surface area contributed by atoms with E-state index in [0.717, 1.165) is 11.2 Å². The molecule has 0 aliphatic rings. The average Bonchev–Trinajstić information content (AvgIpc) is 2.69. The number of anilines is 1. The number of methoxy groups -OCH3 is 1. The molecule has 0 aliphatic heterocycles. The Kier molecular flexibility index (Phi) is 8.40. The Balaban J connectivity index is 2.04. The van der Waals surface area contributed by atoms with Crippen LogP contribution in [0.15, 0.2) is 53.4 Å². The molecule has 0 radical (unpaired) electrons. The van der Waals surface area contributed by atoms with Crippen LogP contribution in [0.1, 0.15) is 18.9 Å². The second-order valence-electron chi connectivity index (χ2n) is 6.63. The third kappa shape index (κ3) is 6.68. The summed E-state index contributed by atoms with van der Waals surface area (Å²) in [4.78, 5) is 13.9. The molecule has 2 aromatic rings. The average molecular weight is 437 g/mol. The molecule has 0 unspecified atom stereocenters. The van der Waals surface area contributed by atoms with Crippen LogP contribution in [0.4, 0.5) is 5.69 Å². The molecule has 0 heterocycles. The second-order valence-corrected chi connectivity index (χ2v) is 9.66. The zero-order chi connectivity index (χ0) is 21.4. The lowest BCUT2D eigenvalue weighted by atomic mass is 10.2. The Morgan fingerprint density at radius 1 is 1.14 bits per heavy atom. The van der Waals surface area contributed by atoms with Crippen molar-refractivity contribution in [2.24, 2.45) is 0 Å². The molecule has 2 rings (SSSR count). The molecule has 1 amide bonds. The SMILES string of the molecule is CC[C@@H](C(=O)NCCSc1ccc(C)cc1)N(c1ccc(OC)cc1)S(C)(=O)=O. The van der Waals surface area contributed by atoms with Crippen molar-refractivity contribution in [2.45, 2.75) is 31.2 Å². The zero-order valence-electron chi connectivity index (χ0n) is 17.2. The highest BCUT2D eigenvalue weighted by molar-refractivity contribution is 7.99. The van der Waals surface area contributed by atoms with E-state index in [1.165, 1.54) is 9.87 Å². The first-order valence-electron chi connectivity index (χ1n) is 9.37. The number of sulfonamides is 1. The summed E-state index contributed by atoms with van der Waals surface area (Å²) in [7, 11) is -2.10. The second kappa shape index (κ2) is 10.5. The van der Waals surface area contributed by atoms with Crippen molar-refractivity contribution in [3.8, 4) is 5.75 Å². The highest BCUT2D eigenvalue weighted by atomic mass is 32.2. The topological polar surface area (TPSA) is 75.7 Å². The van der Waals surface area contributed by atoms with Gasteiger partial charge in [-0.1, -0.05) is 24.6 Å². The minimum absolute atomic E-state index is 0.307. The summed E-state index contributed by atoms with van der Waals surface area (Å²) in [5.41, 5.74) is 1.64. The largest absolute Gasteiger partial charge is 0.497 e. The van der Waals surface area contributed by atoms with Crippen LogP contribution < -0.4 is 14.4 Å². The number of nitrogens with zero attached hydrogens (tertiary/aromatic N) is 1. The standard InChI is InChI=1S/C21H28N2O4S2/c1-5-20(21(24)22-14-15-28-19-12-6-16(2)7-13-19)23(29(4,25)26)17-8-10-18(27-3)11-9-17/h6-13,20H,5,14-15H2,1-4H3,(H,22,24)/t20-/m0/s1. The number of aryl methyl sites for hydroxylation is 1. The number of nitrogens with one attached hydrogen (secondary N) is 1. The van der Waals surface area contributed by atoms with Gasteiger partial charge in [-0.25, -0.2) is 8.42 Å². The van der Waals surface area contributed by atoms with Crippen molar-refractivity contribution in [3.63, 3.8) is 0 Å². The number of rotatable bonds is 10. The number of amides is 1. The van der Waals surface area contributed by atoms with Crippen molar-refractivity contribution in [1.82, 2.24) is 5.32 Å². The fraction of sp³-hybridized carbons (Fsp3) is 0.381. The minimum atomic E-state index is -3.65. The van der Waals surface area contributed by atoms with Gasteiger partial charge in [-0.05, 0) is 49.7 Å². The summed E-state index contributed by atoms with van der Waals surface area (Å²) in [5, 5.41) is 2.87. The van der Waals surface area contributed by atoms with E-state index in [1.54, 1.807) is 50.1 Å². The van der Waals surface area contributed by atoms with E-state index in [1.807, 2.05) is 31.2 Å². The number of hydrogen-bond acceptors (Lipinski definition) is 5. The Hall–Kier alpha value is -2.19. The molecule has 1 N–H and O–H groups in total. The van der Waals surface area contributed by atoms with Gasteiger partial charge in [-0.3, -0.25) is 9.10 Å². The molecule has 158 valence electrons. The normalized spacial score (nSPS) is 12.3. The molecule has 2 aromatic carbocycles. The maximum Gasteiger partial charge on any atom is 0.243 e. The highest BCUT2D eigenvalue weighted by Crippen LogP contribution is 2.25. The predicted molar refractivity (Wildman–Crippen MR) is 119 cm³/mol. The van der Waals surface area contributed by atoms with Crippen LogP contribution in [-0.4, -0.2) is 46.0 Å². The minimum Gasteiger partial charge on any atom is -0.497 e. The van der Waals surface area contributed by atoms with E-state index in [2.05, 4.69) is 5.32 Å². The van der Waals surface area contributed by atoms with E-state index in [4.69, 9.17) is 4.74 Å². The van der Waals surface area contributed by atoms with E-state index in [9.17, 15) is 13.2 Å². The van der Waals surface area contributed by atoms with Crippen molar-refractivity contribution in [3.05, 3.63) is 54.1 Å². The fourth-order valence-corrected chi connectivity index (χ4v) is 4.86. The summed E-state index contributed by atoms with van der Waals surface area (Å²) in [5.74, 6) is 1.01. The fourth-order valence-electron chi connectivity index (χ4n) is 2.88. The van der Waals surface area contributed by atoms with Crippen LogP contribution in [0.2, 0.25) is 0 Å². The van der Waals surface area contributed by atoms with Crippen molar-refractivity contribution in [1.29, 1.82) is 0 Å². The molecule has 0 saturated carbocycles. The maximum atomic E-state index is 12.8. The van der Waals surface area contributed by atoms with E-state index >= 15 is 0 Å². The third-order valence-corrected chi connectivity index (χ3v) is 6.54. The summed E-state index contributed by atoms with van der Waals surface area (Å²) in [6.07, 6.45) is 1.47. The van der Waals surface area contributed by atoms with Crippen LogP contribution in [0.25, 0.3) is 0 Å². The Morgan fingerprint density at radius 2 is 1.76 bits per heavy atom. The number of ether oxygens (including phenoxy) is 1. The van der Waals surface area contributed by atoms with Crippen LogP contribution in [0.3, 0.4) is 0 Å². The molecule has 8 heteroatoms. The quantitative estimate of drug-likeness (QED) is 0.456. The summed E-state index contributed by atoms with van der Waals surface area (Å²) < 4.78 is 31.2. The van der Waals surface area contributed by atoms with Gasteiger partial charge in [0.2, 0.25) is 15.9 Å². The number of thioether (sulfide) groups is 1. The molecular weight excluding hydrogens is 408 g/mol. The molecule has 1 atom stereocenters. The van der Waals surface area contributed by atoms with Crippen molar-refractivity contribution >= 4 is 33.4 Å². The highest BCUT2D eigenvalue weighted by Gasteiger charge is 2.31. The van der Waals surface area contributed by atoms with Crippen LogP contribution in [0.5, 0.6) is 5.75 Å². The van der Waals surface area contributed by atoms with E-state index in [0.29, 0.717) is 30.2 Å². The van der Waals surface area contributed by atoms with Crippen LogP contribution >= 0.6 is 11.8 Å². The lowest BCUT2D eigenvalue weighted by molar-refractivity contribution is -0.122.